The summed E-state index contributed by atoms with van der Waals surface area (Å²) in [6.45, 7) is 6.42. The average Bonchev–Trinajstić information content (AvgIpc) is 2.78. The second-order valence-electron chi connectivity index (χ2n) is 8.08. The molecular formula is C27H31NO3. The summed E-state index contributed by atoms with van der Waals surface area (Å²) in [7, 11) is 3.16. The van der Waals surface area contributed by atoms with E-state index >= 15 is 0 Å². The van der Waals surface area contributed by atoms with Crippen LogP contribution in [0.4, 0.5) is 5.69 Å². The fraction of sp³-hybridized carbons (Fsp3) is 0.296. The molecule has 0 aliphatic heterocycles. The predicted octanol–water partition coefficient (Wildman–Crippen LogP) is 6.56. The summed E-state index contributed by atoms with van der Waals surface area (Å²) < 4.78 is 10.7. The van der Waals surface area contributed by atoms with Gasteiger partial charge in [0.15, 0.2) is 17.3 Å². The summed E-state index contributed by atoms with van der Waals surface area (Å²) in [5.74, 6) is 1.67. The van der Waals surface area contributed by atoms with Crippen molar-refractivity contribution >= 4 is 11.5 Å². The van der Waals surface area contributed by atoms with Crippen LogP contribution in [0.5, 0.6) is 11.5 Å². The molecule has 1 unspecified atom stereocenters. The Morgan fingerprint density at radius 2 is 1.55 bits per heavy atom. The van der Waals surface area contributed by atoms with Gasteiger partial charge in [0.1, 0.15) is 0 Å². The number of carbonyl (C=O) groups is 1. The Bertz CT molecular complexity index is 1020. The second kappa shape index (κ2) is 10.2. The van der Waals surface area contributed by atoms with Gasteiger partial charge in [-0.15, -0.1) is 0 Å². The van der Waals surface area contributed by atoms with Crippen molar-refractivity contribution in [2.75, 3.05) is 19.5 Å². The van der Waals surface area contributed by atoms with Gasteiger partial charge in [0.2, 0.25) is 0 Å². The van der Waals surface area contributed by atoms with Crippen molar-refractivity contribution in [1.29, 1.82) is 0 Å². The molecule has 0 saturated heterocycles. The molecule has 4 heteroatoms. The lowest BCUT2D eigenvalue weighted by molar-refractivity contribution is 0.0976. The number of hydrogen-bond acceptors (Lipinski definition) is 4. The molecule has 4 nitrogen and oxygen atoms in total. The SMILES string of the molecule is COc1ccc(C(=O)CC(Nc2cccc(C)c2)c2ccc(C(C)C)cc2)cc1OC. The van der Waals surface area contributed by atoms with Crippen molar-refractivity contribution in [3.63, 3.8) is 0 Å². The van der Waals surface area contributed by atoms with Crippen molar-refractivity contribution in [3.8, 4) is 11.5 Å². The van der Waals surface area contributed by atoms with Crippen LogP contribution in [-0.2, 0) is 0 Å². The van der Waals surface area contributed by atoms with Crippen molar-refractivity contribution in [2.45, 2.75) is 39.2 Å². The molecule has 162 valence electrons. The molecule has 3 aromatic carbocycles. The Labute approximate surface area is 185 Å². The number of ketones is 1. The fourth-order valence-corrected chi connectivity index (χ4v) is 3.61. The first kappa shape index (κ1) is 22.4. The average molecular weight is 418 g/mol. The number of hydrogen-bond donors (Lipinski definition) is 1. The number of aryl methyl sites for hydroxylation is 1. The van der Waals surface area contributed by atoms with Gasteiger partial charge in [0.25, 0.3) is 0 Å². The van der Waals surface area contributed by atoms with Crippen LogP contribution in [-0.4, -0.2) is 20.0 Å². The first-order valence-corrected chi connectivity index (χ1v) is 10.6. The Balaban J connectivity index is 1.89. The molecule has 3 rings (SSSR count). The number of benzene rings is 3. The molecule has 3 aromatic rings. The Kier molecular flexibility index (Phi) is 7.35. The van der Waals surface area contributed by atoms with E-state index in [1.54, 1.807) is 32.4 Å². The lowest BCUT2D eigenvalue weighted by Crippen LogP contribution is -2.16. The number of carbonyl (C=O) groups excluding carboxylic acids is 1. The number of rotatable bonds is 9. The van der Waals surface area contributed by atoms with Crippen LogP contribution < -0.4 is 14.8 Å². The van der Waals surface area contributed by atoms with Gasteiger partial charge in [0, 0.05) is 17.7 Å². The minimum Gasteiger partial charge on any atom is -0.493 e. The lowest BCUT2D eigenvalue weighted by Gasteiger charge is -2.21. The van der Waals surface area contributed by atoms with Crippen LogP contribution in [0.25, 0.3) is 0 Å². The summed E-state index contributed by atoms with van der Waals surface area (Å²) in [4.78, 5) is 13.2. The van der Waals surface area contributed by atoms with Gasteiger partial charge in [-0.3, -0.25) is 4.79 Å². The summed E-state index contributed by atoms with van der Waals surface area (Å²) in [5, 5.41) is 3.56. The molecule has 0 spiro atoms. The zero-order valence-corrected chi connectivity index (χ0v) is 18.9. The fourth-order valence-electron chi connectivity index (χ4n) is 3.61. The molecule has 0 aromatic heterocycles. The molecular weight excluding hydrogens is 386 g/mol. The zero-order chi connectivity index (χ0) is 22.4. The highest BCUT2D eigenvalue weighted by molar-refractivity contribution is 5.97. The van der Waals surface area contributed by atoms with Crippen molar-refractivity contribution in [2.24, 2.45) is 0 Å². The first-order chi connectivity index (χ1) is 14.9. The number of anilines is 1. The van der Waals surface area contributed by atoms with Gasteiger partial charge in [-0.05, 0) is 59.9 Å². The van der Waals surface area contributed by atoms with E-state index in [2.05, 4.69) is 62.5 Å². The van der Waals surface area contributed by atoms with Gasteiger partial charge in [-0.25, -0.2) is 0 Å². The maximum Gasteiger partial charge on any atom is 0.165 e. The first-order valence-electron chi connectivity index (χ1n) is 10.6. The van der Waals surface area contributed by atoms with Crippen molar-refractivity contribution in [1.82, 2.24) is 0 Å². The number of ether oxygens (including phenoxy) is 2. The van der Waals surface area contributed by atoms with Gasteiger partial charge in [0.05, 0.1) is 20.3 Å². The van der Waals surface area contributed by atoms with E-state index in [4.69, 9.17) is 9.47 Å². The van der Waals surface area contributed by atoms with Gasteiger partial charge in [-0.1, -0.05) is 50.2 Å². The minimum absolute atomic E-state index is 0.0408. The minimum atomic E-state index is -0.149. The molecule has 1 atom stereocenters. The third-order valence-corrected chi connectivity index (χ3v) is 5.46. The summed E-state index contributed by atoms with van der Waals surface area (Å²) >= 11 is 0. The van der Waals surface area contributed by atoms with E-state index in [1.807, 2.05) is 12.1 Å². The summed E-state index contributed by atoms with van der Waals surface area (Å²) in [6.07, 6.45) is 0.324. The van der Waals surface area contributed by atoms with Crippen LogP contribution in [0.3, 0.4) is 0 Å². The molecule has 0 amide bonds. The predicted molar refractivity (Wildman–Crippen MR) is 127 cm³/mol. The van der Waals surface area contributed by atoms with E-state index in [0.717, 1.165) is 11.3 Å². The van der Waals surface area contributed by atoms with Gasteiger partial charge >= 0.3 is 0 Å². The second-order valence-corrected chi connectivity index (χ2v) is 8.08. The number of nitrogens with one attached hydrogen (secondary N) is 1. The Hall–Kier alpha value is -3.27. The molecule has 0 bridgehead atoms. The third kappa shape index (κ3) is 5.66. The van der Waals surface area contributed by atoms with E-state index in [1.165, 1.54) is 11.1 Å². The topological polar surface area (TPSA) is 47.6 Å². The molecule has 31 heavy (non-hydrogen) atoms. The summed E-state index contributed by atoms with van der Waals surface area (Å²) in [5.41, 5.74) is 5.14. The zero-order valence-electron chi connectivity index (χ0n) is 18.9. The Morgan fingerprint density at radius 1 is 0.871 bits per heavy atom. The van der Waals surface area contributed by atoms with Gasteiger partial charge < -0.3 is 14.8 Å². The molecule has 0 fully saturated rings. The highest BCUT2D eigenvalue weighted by Gasteiger charge is 2.19. The quantitative estimate of drug-likeness (QED) is 0.400. The van der Waals surface area contributed by atoms with Crippen molar-refractivity contribution < 1.29 is 14.3 Å². The molecule has 0 aliphatic carbocycles. The van der Waals surface area contributed by atoms with E-state index in [-0.39, 0.29) is 11.8 Å². The van der Waals surface area contributed by atoms with Crippen LogP contribution in [0.1, 0.15) is 59.3 Å². The van der Waals surface area contributed by atoms with Crippen LogP contribution in [0, 0.1) is 6.92 Å². The standard InChI is InChI=1S/C27H31NO3/c1-18(2)20-9-11-21(12-10-20)24(28-23-8-6-7-19(3)15-23)17-25(29)22-13-14-26(30-4)27(16-22)31-5/h6-16,18,24,28H,17H2,1-5H3. The highest BCUT2D eigenvalue weighted by Crippen LogP contribution is 2.30. The highest BCUT2D eigenvalue weighted by atomic mass is 16.5. The maximum absolute atomic E-state index is 13.2. The molecule has 0 heterocycles. The maximum atomic E-state index is 13.2. The molecule has 0 saturated carbocycles. The van der Waals surface area contributed by atoms with Crippen molar-refractivity contribution in [3.05, 3.63) is 89.0 Å². The molecule has 1 N–H and O–H groups in total. The normalized spacial score (nSPS) is 11.8. The Morgan fingerprint density at radius 3 is 2.16 bits per heavy atom. The molecule has 0 radical (unpaired) electrons. The van der Waals surface area contributed by atoms with E-state index in [9.17, 15) is 4.79 Å². The number of methoxy groups -OCH3 is 2. The lowest BCUT2D eigenvalue weighted by atomic mass is 9.94. The van der Waals surface area contributed by atoms with E-state index < -0.39 is 0 Å². The van der Waals surface area contributed by atoms with Crippen LogP contribution in [0.15, 0.2) is 66.7 Å². The number of Topliss-reactive ketones (excluding diaryl/α,β-unsaturated/α-hetero) is 1. The smallest absolute Gasteiger partial charge is 0.165 e. The van der Waals surface area contributed by atoms with Crippen LogP contribution in [0.2, 0.25) is 0 Å². The van der Waals surface area contributed by atoms with Crippen LogP contribution >= 0.6 is 0 Å². The molecule has 0 aliphatic rings. The third-order valence-electron chi connectivity index (χ3n) is 5.46. The summed E-state index contributed by atoms with van der Waals surface area (Å²) in [6, 6.07) is 21.9. The largest absolute Gasteiger partial charge is 0.493 e. The monoisotopic (exact) mass is 417 g/mol. The van der Waals surface area contributed by atoms with E-state index in [0.29, 0.717) is 29.4 Å². The van der Waals surface area contributed by atoms with Gasteiger partial charge in [-0.2, -0.15) is 0 Å².